The monoisotopic (exact) mass is 218 g/mol. The smallest absolute Gasteiger partial charge is 0.550 e. The van der Waals surface area contributed by atoms with Crippen LogP contribution >= 0.6 is 0 Å². The number of carbonyl (C=O) groups excluding carboxylic acids is 1. The van der Waals surface area contributed by atoms with Gasteiger partial charge in [-0.15, -0.1) is 0 Å². The van der Waals surface area contributed by atoms with Gasteiger partial charge in [0.2, 0.25) is 0 Å². The molecule has 1 rings (SSSR count). The fourth-order valence-corrected chi connectivity index (χ4v) is 0.873. The summed E-state index contributed by atoms with van der Waals surface area (Å²) in [5.74, 6) is -1.03. The first kappa shape index (κ1) is 16.7. The van der Waals surface area contributed by atoms with Crippen molar-refractivity contribution in [3.63, 3.8) is 0 Å². The molecule has 2 nitrogen and oxygen atoms in total. The number of rotatable bonds is 2. The van der Waals surface area contributed by atoms with E-state index in [1.54, 1.807) is 12.1 Å². The van der Waals surface area contributed by atoms with Crippen LogP contribution in [-0.4, -0.2) is 5.97 Å². The largest absolute Gasteiger partial charge is 1.00 e. The van der Waals surface area contributed by atoms with Gasteiger partial charge in [0.1, 0.15) is 0 Å². The zero-order chi connectivity index (χ0) is 10.3. The van der Waals surface area contributed by atoms with Gasteiger partial charge >= 0.3 is 51.4 Å². The van der Waals surface area contributed by atoms with Gasteiger partial charge in [-0.1, -0.05) is 43.7 Å². The summed E-state index contributed by atoms with van der Waals surface area (Å²) in [4.78, 5) is 10.1. The Morgan fingerprint density at radius 3 is 2.00 bits per heavy atom. The Bertz CT molecular complexity index is 254. The molecule has 0 spiro atoms. The third kappa shape index (κ3) is 7.70. The fraction of sp³-hybridized carbons (Fsp3) is 0.364. The maximum atomic E-state index is 10.1. The van der Waals surface area contributed by atoms with Crippen molar-refractivity contribution in [1.82, 2.24) is 0 Å². The zero-order valence-electron chi connectivity index (χ0n) is 9.33. The van der Waals surface area contributed by atoms with Crippen LogP contribution in [0.5, 0.6) is 0 Å². The van der Waals surface area contributed by atoms with E-state index >= 15 is 0 Å². The molecule has 0 N–H and O–H groups in total. The molecule has 0 aliphatic carbocycles. The van der Waals surface area contributed by atoms with Crippen LogP contribution in [-0.2, 0) is 11.2 Å². The summed E-state index contributed by atoms with van der Waals surface area (Å²) in [6.07, 6.45) is 0.000278. The topological polar surface area (TPSA) is 40.1 Å². The van der Waals surface area contributed by atoms with E-state index in [4.69, 9.17) is 0 Å². The van der Waals surface area contributed by atoms with E-state index < -0.39 is 5.97 Å². The maximum Gasteiger partial charge on any atom is 1.00 e. The molecule has 0 heterocycles. The van der Waals surface area contributed by atoms with Gasteiger partial charge in [-0.25, -0.2) is 0 Å². The van der Waals surface area contributed by atoms with Crippen LogP contribution in [0.15, 0.2) is 24.3 Å². The number of benzene rings is 1. The van der Waals surface area contributed by atoms with Crippen LogP contribution in [0.1, 0.15) is 25.0 Å². The predicted octanol–water partition coefficient (Wildman–Crippen LogP) is -1.68. The maximum absolute atomic E-state index is 10.1. The minimum Gasteiger partial charge on any atom is -0.550 e. The molecule has 0 fully saturated rings. The Kier molecular flexibility index (Phi) is 11.8. The molecule has 1 aromatic rings. The first-order chi connectivity index (χ1) is 6.18. The van der Waals surface area contributed by atoms with Gasteiger partial charge in [0.25, 0.3) is 0 Å². The Morgan fingerprint density at radius 1 is 1.21 bits per heavy atom. The third-order valence-corrected chi connectivity index (χ3v) is 1.47. The van der Waals surface area contributed by atoms with E-state index in [0.29, 0.717) is 0 Å². The van der Waals surface area contributed by atoms with Crippen molar-refractivity contribution in [3.05, 3.63) is 35.4 Å². The van der Waals surface area contributed by atoms with E-state index in [2.05, 4.69) is 0 Å². The number of aryl methyl sites for hydroxylation is 1. The second-order valence-corrected chi connectivity index (χ2v) is 2.53. The molecule has 14 heavy (non-hydrogen) atoms. The fourth-order valence-electron chi connectivity index (χ4n) is 0.873. The van der Waals surface area contributed by atoms with Gasteiger partial charge in [0.15, 0.2) is 0 Å². The van der Waals surface area contributed by atoms with Crippen molar-refractivity contribution in [3.8, 4) is 0 Å². The number of hydrogen-bond acceptors (Lipinski definition) is 2. The van der Waals surface area contributed by atoms with Crippen LogP contribution in [0, 0.1) is 6.92 Å². The van der Waals surface area contributed by atoms with Crippen molar-refractivity contribution >= 4 is 5.97 Å². The number of hydrogen-bond donors (Lipinski definition) is 0. The molecular formula is C11H15KO2. The van der Waals surface area contributed by atoms with Gasteiger partial charge < -0.3 is 9.90 Å². The standard InChI is InChI=1S/C9H10O2.C2H6.K/c1-7-2-4-8(5-3-7)6-9(10)11;1-2;/h2-5H,6H2,1H3,(H,10,11);1-2H3;/q;;+1/p-1. The average molecular weight is 218 g/mol. The molecule has 0 atom stereocenters. The van der Waals surface area contributed by atoms with Crippen LogP contribution in [0.4, 0.5) is 0 Å². The minimum atomic E-state index is -1.03. The van der Waals surface area contributed by atoms with Crippen LogP contribution < -0.4 is 56.5 Å². The molecule has 0 aromatic heterocycles. The molecule has 0 saturated heterocycles. The van der Waals surface area contributed by atoms with E-state index in [-0.39, 0.29) is 57.8 Å². The molecule has 0 unspecified atom stereocenters. The number of aliphatic carboxylic acids is 1. The molecule has 3 heteroatoms. The van der Waals surface area contributed by atoms with Crippen molar-refractivity contribution in [2.45, 2.75) is 27.2 Å². The second-order valence-electron chi connectivity index (χ2n) is 2.53. The molecule has 0 amide bonds. The molecule has 0 bridgehead atoms. The molecule has 72 valence electrons. The van der Waals surface area contributed by atoms with Crippen molar-refractivity contribution < 1.29 is 61.3 Å². The zero-order valence-corrected chi connectivity index (χ0v) is 12.5. The van der Waals surface area contributed by atoms with Gasteiger partial charge in [0.05, 0.1) is 0 Å². The van der Waals surface area contributed by atoms with Crippen LogP contribution in [0.3, 0.4) is 0 Å². The Balaban J connectivity index is 0. The van der Waals surface area contributed by atoms with Gasteiger partial charge in [0, 0.05) is 12.4 Å². The number of carboxylic acid groups (broad SMARTS) is 1. The summed E-state index contributed by atoms with van der Waals surface area (Å²) in [7, 11) is 0. The first-order valence-electron chi connectivity index (χ1n) is 4.44. The van der Waals surface area contributed by atoms with Gasteiger partial charge in [-0.2, -0.15) is 0 Å². The average Bonchev–Trinajstić information content (AvgIpc) is 2.12. The summed E-state index contributed by atoms with van der Waals surface area (Å²) >= 11 is 0. The van der Waals surface area contributed by atoms with Gasteiger partial charge in [-0.05, 0) is 12.5 Å². The Labute approximate surface area is 128 Å². The second kappa shape index (κ2) is 9.87. The van der Waals surface area contributed by atoms with Crippen LogP contribution in [0.25, 0.3) is 0 Å². The first-order valence-corrected chi connectivity index (χ1v) is 4.44. The van der Waals surface area contributed by atoms with Gasteiger partial charge in [-0.3, -0.25) is 0 Å². The number of carboxylic acids is 1. The van der Waals surface area contributed by atoms with Crippen molar-refractivity contribution in [2.24, 2.45) is 0 Å². The predicted molar refractivity (Wildman–Crippen MR) is 51.2 cm³/mol. The third-order valence-electron chi connectivity index (χ3n) is 1.47. The summed E-state index contributed by atoms with van der Waals surface area (Å²) in [5.41, 5.74) is 1.92. The summed E-state index contributed by atoms with van der Waals surface area (Å²) in [6, 6.07) is 7.37. The van der Waals surface area contributed by atoms with Crippen molar-refractivity contribution in [1.29, 1.82) is 0 Å². The molecule has 1 aromatic carbocycles. The van der Waals surface area contributed by atoms with E-state index in [1.807, 2.05) is 32.9 Å². The summed E-state index contributed by atoms with van der Waals surface area (Å²) in [5, 5.41) is 10.1. The Morgan fingerprint density at radius 2 is 1.64 bits per heavy atom. The molecule has 0 radical (unpaired) electrons. The number of carbonyl (C=O) groups is 1. The minimum absolute atomic E-state index is 0. The molecule has 0 saturated carbocycles. The summed E-state index contributed by atoms with van der Waals surface area (Å²) < 4.78 is 0. The van der Waals surface area contributed by atoms with E-state index in [0.717, 1.165) is 11.1 Å². The molecule has 0 aliphatic heterocycles. The molecule has 0 aliphatic rings. The quantitative estimate of drug-likeness (QED) is 0.556. The van der Waals surface area contributed by atoms with E-state index in [1.165, 1.54) is 0 Å². The SMILES string of the molecule is CC.Cc1ccc(CC(=O)[O-])cc1.[K+]. The Hall–Kier alpha value is 0.326. The summed E-state index contributed by atoms with van der Waals surface area (Å²) in [6.45, 7) is 5.96. The van der Waals surface area contributed by atoms with Crippen molar-refractivity contribution in [2.75, 3.05) is 0 Å². The van der Waals surface area contributed by atoms with E-state index in [9.17, 15) is 9.90 Å². The molecular weight excluding hydrogens is 203 g/mol. The normalized spacial score (nSPS) is 7.93. The van der Waals surface area contributed by atoms with Crippen LogP contribution in [0.2, 0.25) is 0 Å².